The molecule has 0 aromatic carbocycles. The molecular weight excluding hydrogens is 256 g/mol. The van der Waals surface area contributed by atoms with E-state index in [1.807, 2.05) is 7.11 Å². The Kier molecular flexibility index (Phi) is 5.37. The summed E-state index contributed by atoms with van der Waals surface area (Å²) < 4.78 is 5.93. The molecule has 1 N–H and O–H groups in total. The highest BCUT2D eigenvalue weighted by Crippen LogP contribution is 2.40. The van der Waals surface area contributed by atoms with E-state index in [4.69, 9.17) is 9.72 Å². The molecule has 19 heavy (non-hydrogen) atoms. The van der Waals surface area contributed by atoms with Gasteiger partial charge in [0.05, 0.1) is 5.69 Å². The first-order valence-corrected chi connectivity index (χ1v) is 8.34. The zero-order valence-electron chi connectivity index (χ0n) is 12.4. The van der Waals surface area contributed by atoms with Crippen molar-refractivity contribution in [2.24, 2.45) is 0 Å². The zero-order valence-corrected chi connectivity index (χ0v) is 13.2. The summed E-state index contributed by atoms with van der Waals surface area (Å²) in [5.41, 5.74) is 1.04. The number of hydrogen-bond donors (Lipinski definition) is 1. The molecule has 1 aliphatic carbocycles. The monoisotopic (exact) mass is 282 g/mol. The Morgan fingerprint density at radius 1 is 1.37 bits per heavy atom. The molecule has 4 heteroatoms. The molecule has 0 saturated heterocycles. The second-order valence-electron chi connectivity index (χ2n) is 5.47. The van der Waals surface area contributed by atoms with Crippen LogP contribution in [0.5, 0.6) is 0 Å². The van der Waals surface area contributed by atoms with E-state index in [9.17, 15) is 0 Å². The van der Waals surface area contributed by atoms with E-state index in [2.05, 4.69) is 24.5 Å². The van der Waals surface area contributed by atoms with Gasteiger partial charge >= 0.3 is 0 Å². The number of aromatic nitrogens is 1. The van der Waals surface area contributed by atoms with Gasteiger partial charge in [-0.1, -0.05) is 32.6 Å². The number of hydrogen-bond acceptors (Lipinski definition) is 4. The number of methoxy groups -OCH3 is 1. The Labute approximate surface area is 120 Å². The molecule has 0 bridgehead atoms. The lowest BCUT2D eigenvalue weighted by molar-refractivity contribution is -0.0281. The topological polar surface area (TPSA) is 34.1 Å². The molecule has 2 rings (SSSR count). The smallest absolute Gasteiger partial charge is 0.125 e. The van der Waals surface area contributed by atoms with Crippen LogP contribution < -0.4 is 5.32 Å². The summed E-state index contributed by atoms with van der Waals surface area (Å²) in [7, 11) is 1.85. The van der Waals surface area contributed by atoms with Crippen molar-refractivity contribution in [1.82, 2.24) is 10.3 Å². The van der Waals surface area contributed by atoms with Gasteiger partial charge in [0.2, 0.25) is 0 Å². The number of nitrogens with zero attached hydrogens (tertiary/aromatic N) is 1. The van der Waals surface area contributed by atoms with E-state index in [-0.39, 0.29) is 5.60 Å². The van der Waals surface area contributed by atoms with Gasteiger partial charge in [-0.05, 0) is 26.3 Å². The lowest BCUT2D eigenvalue weighted by atomic mass is 9.95. The maximum atomic E-state index is 5.93. The van der Waals surface area contributed by atoms with Crippen LogP contribution >= 0.6 is 11.3 Å². The van der Waals surface area contributed by atoms with Crippen molar-refractivity contribution >= 4 is 11.3 Å². The van der Waals surface area contributed by atoms with Gasteiger partial charge < -0.3 is 10.1 Å². The average Bonchev–Trinajstić information content (AvgIpc) is 2.79. The second kappa shape index (κ2) is 6.82. The maximum Gasteiger partial charge on any atom is 0.125 e. The summed E-state index contributed by atoms with van der Waals surface area (Å²) in [6.07, 6.45) is 7.41. The Bertz CT molecular complexity index is 383. The quantitative estimate of drug-likeness (QED) is 0.829. The van der Waals surface area contributed by atoms with Crippen molar-refractivity contribution in [3.8, 4) is 0 Å². The fraction of sp³-hybridized carbons (Fsp3) is 0.800. The highest BCUT2D eigenvalue weighted by atomic mass is 32.1. The Hall–Kier alpha value is -0.450. The van der Waals surface area contributed by atoms with Crippen LogP contribution in [0.1, 0.15) is 69.1 Å². The molecule has 108 valence electrons. The van der Waals surface area contributed by atoms with E-state index in [0.29, 0.717) is 6.04 Å². The molecule has 0 radical (unpaired) electrons. The van der Waals surface area contributed by atoms with Gasteiger partial charge in [-0.25, -0.2) is 4.98 Å². The van der Waals surface area contributed by atoms with Crippen molar-refractivity contribution in [3.05, 3.63) is 16.1 Å². The van der Waals surface area contributed by atoms with E-state index in [0.717, 1.165) is 25.1 Å². The molecule has 0 amide bonds. The van der Waals surface area contributed by atoms with Crippen LogP contribution in [0.25, 0.3) is 0 Å². The summed E-state index contributed by atoms with van der Waals surface area (Å²) in [5.74, 6) is 0. The summed E-state index contributed by atoms with van der Waals surface area (Å²) in [6, 6.07) is 0.328. The Morgan fingerprint density at radius 2 is 2.05 bits per heavy atom. The molecule has 1 aromatic rings. The number of ether oxygens (including phenoxy) is 1. The van der Waals surface area contributed by atoms with Crippen molar-refractivity contribution in [3.63, 3.8) is 0 Å². The first-order valence-electron chi connectivity index (χ1n) is 7.46. The normalized spacial score (nSPS) is 21.0. The van der Waals surface area contributed by atoms with Crippen molar-refractivity contribution in [1.29, 1.82) is 0 Å². The van der Waals surface area contributed by atoms with E-state index < -0.39 is 0 Å². The molecule has 1 aromatic heterocycles. The van der Waals surface area contributed by atoms with Crippen molar-refractivity contribution in [2.75, 3.05) is 13.7 Å². The highest BCUT2D eigenvalue weighted by Gasteiger charge is 2.35. The van der Waals surface area contributed by atoms with E-state index >= 15 is 0 Å². The fourth-order valence-corrected chi connectivity index (χ4v) is 4.06. The molecule has 1 atom stereocenters. The minimum Gasteiger partial charge on any atom is -0.371 e. The van der Waals surface area contributed by atoms with Gasteiger partial charge in [0.1, 0.15) is 10.6 Å². The summed E-state index contributed by atoms with van der Waals surface area (Å²) in [4.78, 5) is 4.87. The average molecular weight is 282 g/mol. The molecule has 3 nitrogen and oxygen atoms in total. The summed E-state index contributed by atoms with van der Waals surface area (Å²) in [6.45, 7) is 5.28. The molecule has 0 spiro atoms. The number of thiazole rings is 1. The second-order valence-corrected chi connectivity index (χ2v) is 6.33. The standard InChI is InChI=1S/C15H26N2OS/c1-4-16-12(2)13-11-19-14(17-13)15(18-3)9-7-5-6-8-10-15/h11-12,16H,4-10H2,1-3H3. The number of rotatable bonds is 5. The predicted molar refractivity (Wildman–Crippen MR) is 80.6 cm³/mol. The van der Waals surface area contributed by atoms with Crippen LogP contribution in [-0.2, 0) is 10.3 Å². The fourth-order valence-electron chi connectivity index (χ4n) is 2.91. The molecule has 1 saturated carbocycles. The minimum atomic E-state index is -0.120. The zero-order chi connectivity index (χ0) is 13.7. The minimum absolute atomic E-state index is 0.120. The summed E-state index contributed by atoms with van der Waals surface area (Å²) >= 11 is 1.77. The lowest BCUT2D eigenvalue weighted by Gasteiger charge is -2.29. The third kappa shape index (κ3) is 3.36. The first-order chi connectivity index (χ1) is 9.22. The molecule has 1 unspecified atom stereocenters. The van der Waals surface area contributed by atoms with Gasteiger partial charge in [0.25, 0.3) is 0 Å². The van der Waals surface area contributed by atoms with Crippen LogP contribution in [-0.4, -0.2) is 18.6 Å². The van der Waals surface area contributed by atoms with Gasteiger partial charge in [-0.3, -0.25) is 0 Å². The molecule has 0 aliphatic heterocycles. The van der Waals surface area contributed by atoms with Gasteiger partial charge in [0.15, 0.2) is 0 Å². The van der Waals surface area contributed by atoms with Crippen LogP contribution in [0.2, 0.25) is 0 Å². The summed E-state index contributed by atoms with van der Waals surface area (Å²) in [5, 5.41) is 6.79. The third-order valence-electron chi connectivity index (χ3n) is 4.17. The SMILES string of the molecule is CCNC(C)c1csc(C2(OC)CCCCCC2)n1. The van der Waals surface area contributed by atoms with Crippen LogP contribution in [0.4, 0.5) is 0 Å². The van der Waals surface area contributed by atoms with Gasteiger partial charge in [0, 0.05) is 18.5 Å². The van der Waals surface area contributed by atoms with Crippen LogP contribution in [0.15, 0.2) is 5.38 Å². The van der Waals surface area contributed by atoms with Crippen LogP contribution in [0, 0.1) is 0 Å². The van der Waals surface area contributed by atoms with Crippen LogP contribution in [0.3, 0.4) is 0 Å². The van der Waals surface area contributed by atoms with Gasteiger partial charge in [-0.15, -0.1) is 11.3 Å². The van der Waals surface area contributed by atoms with Crippen molar-refractivity contribution in [2.45, 2.75) is 64.0 Å². The predicted octanol–water partition coefficient (Wildman–Crippen LogP) is 4.01. The maximum absolute atomic E-state index is 5.93. The number of nitrogens with one attached hydrogen (secondary N) is 1. The Balaban J connectivity index is 2.18. The first kappa shape index (κ1) is 14.9. The largest absolute Gasteiger partial charge is 0.371 e. The molecule has 1 heterocycles. The third-order valence-corrected chi connectivity index (χ3v) is 5.21. The van der Waals surface area contributed by atoms with E-state index in [1.165, 1.54) is 30.7 Å². The molecule has 1 aliphatic rings. The van der Waals surface area contributed by atoms with Gasteiger partial charge in [-0.2, -0.15) is 0 Å². The van der Waals surface area contributed by atoms with Crippen molar-refractivity contribution < 1.29 is 4.74 Å². The highest BCUT2D eigenvalue weighted by molar-refractivity contribution is 7.09. The molecular formula is C15H26N2OS. The molecule has 1 fully saturated rings. The lowest BCUT2D eigenvalue weighted by Crippen LogP contribution is -2.28. The van der Waals surface area contributed by atoms with E-state index in [1.54, 1.807) is 11.3 Å². The Morgan fingerprint density at radius 3 is 2.63 bits per heavy atom.